The van der Waals surface area contributed by atoms with E-state index in [9.17, 15) is 9.90 Å². The fraction of sp³-hybridized carbons (Fsp3) is 0.562. The zero-order valence-electron chi connectivity index (χ0n) is 12.5. The van der Waals surface area contributed by atoms with Gasteiger partial charge in [-0.25, -0.2) is 0 Å². The van der Waals surface area contributed by atoms with E-state index >= 15 is 0 Å². The molecular formula is C16H25NO3. The number of phenolic OH excluding ortho intramolecular Hbond substituents is 1. The Labute approximate surface area is 120 Å². The minimum absolute atomic E-state index is 0.131. The van der Waals surface area contributed by atoms with E-state index in [4.69, 9.17) is 5.11 Å². The lowest BCUT2D eigenvalue weighted by Crippen LogP contribution is -2.30. The number of hydrogen-bond acceptors (Lipinski definition) is 3. The summed E-state index contributed by atoms with van der Waals surface area (Å²) < 4.78 is 0. The predicted octanol–water partition coefficient (Wildman–Crippen LogP) is 2.48. The molecule has 1 aromatic rings. The number of phenols is 1. The first-order valence-corrected chi connectivity index (χ1v) is 7.13. The van der Waals surface area contributed by atoms with Crippen molar-refractivity contribution in [2.45, 2.75) is 33.6 Å². The van der Waals surface area contributed by atoms with Gasteiger partial charge in [0.2, 0.25) is 0 Å². The summed E-state index contributed by atoms with van der Waals surface area (Å²) in [5.74, 6) is 0.768. The van der Waals surface area contributed by atoms with E-state index in [-0.39, 0.29) is 24.2 Å². The first-order valence-electron chi connectivity index (χ1n) is 7.13. The van der Waals surface area contributed by atoms with E-state index in [2.05, 4.69) is 19.2 Å². The summed E-state index contributed by atoms with van der Waals surface area (Å²) in [6.07, 6.45) is 1.66. The Balaban J connectivity index is 2.63. The molecule has 4 heteroatoms. The van der Waals surface area contributed by atoms with Crippen molar-refractivity contribution in [2.24, 2.45) is 11.8 Å². The first kappa shape index (κ1) is 16.5. The number of benzene rings is 1. The number of aliphatic hydroxyl groups is 1. The average molecular weight is 279 g/mol. The van der Waals surface area contributed by atoms with Gasteiger partial charge < -0.3 is 15.5 Å². The first-order chi connectivity index (χ1) is 9.45. The highest BCUT2D eigenvalue weighted by molar-refractivity contribution is 5.96. The van der Waals surface area contributed by atoms with Gasteiger partial charge in [0.15, 0.2) is 0 Å². The van der Waals surface area contributed by atoms with Crippen LogP contribution in [-0.2, 0) is 0 Å². The Kier molecular flexibility index (Phi) is 6.52. The molecule has 1 atom stereocenters. The maximum atomic E-state index is 12.1. The van der Waals surface area contributed by atoms with Crippen molar-refractivity contribution >= 4 is 5.91 Å². The molecule has 0 aromatic heterocycles. The van der Waals surface area contributed by atoms with Crippen LogP contribution in [0, 0.1) is 18.8 Å². The second-order valence-electron chi connectivity index (χ2n) is 5.67. The average Bonchev–Trinajstić information content (AvgIpc) is 2.38. The van der Waals surface area contributed by atoms with E-state index in [1.54, 1.807) is 25.1 Å². The zero-order valence-corrected chi connectivity index (χ0v) is 12.5. The van der Waals surface area contributed by atoms with Gasteiger partial charge in [-0.15, -0.1) is 0 Å². The molecule has 3 N–H and O–H groups in total. The SMILES string of the molecule is Cc1c(O)cccc1C(=O)NCC(CCO)CC(C)C. The summed E-state index contributed by atoms with van der Waals surface area (Å²) in [6, 6.07) is 4.93. The summed E-state index contributed by atoms with van der Waals surface area (Å²) >= 11 is 0. The summed E-state index contributed by atoms with van der Waals surface area (Å²) in [6.45, 7) is 6.67. The lowest BCUT2D eigenvalue weighted by atomic mass is 9.94. The van der Waals surface area contributed by atoms with Gasteiger partial charge in [-0.05, 0) is 43.7 Å². The number of aliphatic hydroxyl groups excluding tert-OH is 1. The van der Waals surface area contributed by atoms with Crippen LogP contribution in [0.5, 0.6) is 5.75 Å². The van der Waals surface area contributed by atoms with Gasteiger partial charge in [-0.1, -0.05) is 19.9 Å². The normalized spacial score (nSPS) is 12.4. The van der Waals surface area contributed by atoms with E-state index in [1.165, 1.54) is 0 Å². The number of carbonyl (C=O) groups excluding carboxylic acids is 1. The molecule has 20 heavy (non-hydrogen) atoms. The number of hydrogen-bond donors (Lipinski definition) is 3. The Morgan fingerprint density at radius 1 is 1.35 bits per heavy atom. The van der Waals surface area contributed by atoms with Crippen LogP contribution in [0.4, 0.5) is 0 Å². The minimum Gasteiger partial charge on any atom is -0.508 e. The summed E-state index contributed by atoms with van der Waals surface area (Å²) in [7, 11) is 0. The van der Waals surface area contributed by atoms with Crippen molar-refractivity contribution in [1.29, 1.82) is 0 Å². The quantitative estimate of drug-likeness (QED) is 0.718. The van der Waals surface area contributed by atoms with Crippen LogP contribution in [0.3, 0.4) is 0 Å². The fourth-order valence-corrected chi connectivity index (χ4v) is 2.35. The van der Waals surface area contributed by atoms with Crippen molar-refractivity contribution in [2.75, 3.05) is 13.2 Å². The standard InChI is InChI=1S/C16H25NO3/c1-11(2)9-13(7-8-18)10-17-16(20)14-5-4-6-15(19)12(14)3/h4-6,11,13,18-19H,7-10H2,1-3H3,(H,17,20). The minimum atomic E-state index is -0.176. The van der Waals surface area contributed by atoms with Crippen LogP contribution in [0.25, 0.3) is 0 Å². The molecule has 0 saturated heterocycles. The third-order valence-corrected chi connectivity index (χ3v) is 3.44. The molecule has 0 fully saturated rings. The third kappa shape index (κ3) is 4.85. The molecule has 0 bridgehead atoms. The molecule has 1 unspecified atom stereocenters. The number of carbonyl (C=O) groups is 1. The van der Waals surface area contributed by atoms with Crippen molar-refractivity contribution < 1.29 is 15.0 Å². The number of amides is 1. The van der Waals surface area contributed by atoms with Crippen LogP contribution in [0.15, 0.2) is 18.2 Å². The molecule has 112 valence electrons. The van der Waals surface area contributed by atoms with Crippen LogP contribution >= 0.6 is 0 Å². The van der Waals surface area contributed by atoms with E-state index < -0.39 is 0 Å². The van der Waals surface area contributed by atoms with Crippen LogP contribution < -0.4 is 5.32 Å². The second kappa shape index (κ2) is 7.90. The van der Waals surface area contributed by atoms with Gasteiger partial charge in [0, 0.05) is 24.3 Å². The van der Waals surface area contributed by atoms with Gasteiger partial charge in [0.25, 0.3) is 5.91 Å². The highest BCUT2D eigenvalue weighted by Crippen LogP contribution is 2.20. The molecular weight excluding hydrogens is 254 g/mol. The van der Waals surface area contributed by atoms with Crippen molar-refractivity contribution in [3.05, 3.63) is 29.3 Å². The van der Waals surface area contributed by atoms with Crippen molar-refractivity contribution in [1.82, 2.24) is 5.32 Å². The maximum absolute atomic E-state index is 12.1. The Hall–Kier alpha value is -1.55. The molecule has 0 aliphatic heterocycles. The second-order valence-corrected chi connectivity index (χ2v) is 5.67. The maximum Gasteiger partial charge on any atom is 0.251 e. The molecule has 0 spiro atoms. The Morgan fingerprint density at radius 3 is 2.65 bits per heavy atom. The molecule has 0 aliphatic carbocycles. The van der Waals surface area contributed by atoms with Crippen molar-refractivity contribution in [3.8, 4) is 5.75 Å². The molecule has 1 amide bonds. The highest BCUT2D eigenvalue weighted by atomic mass is 16.3. The van der Waals surface area contributed by atoms with Crippen molar-refractivity contribution in [3.63, 3.8) is 0 Å². The number of nitrogens with one attached hydrogen (secondary N) is 1. The van der Waals surface area contributed by atoms with Crippen LogP contribution in [-0.4, -0.2) is 29.3 Å². The lowest BCUT2D eigenvalue weighted by Gasteiger charge is -2.19. The highest BCUT2D eigenvalue weighted by Gasteiger charge is 2.15. The molecule has 1 aromatic carbocycles. The summed E-state index contributed by atoms with van der Waals surface area (Å²) in [5.41, 5.74) is 1.09. The van der Waals surface area contributed by atoms with Gasteiger partial charge >= 0.3 is 0 Å². The molecule has 4 nitrogen and oxygen atoms in total. The summed E-state index contributed by atoms with van der Waals surface area (Å²) in [5, 5.41) is 21.6. The number of rotatable bonds is 7. The molecule has 0 radical (unpaired) electrons. The van der Waals surface area contributed by atoms with Gasteiger partial charge in [-0.2, -0.15) is 0 Å². The van der Waals surface area contributed by atoms with E-state index in [0.29, 0.717) is 30.0 Å². The van der Waals surface area contributed by atoms with Gasteiger partial charge in [-0.3, -0.25) is 4.79 Å². The summed E-state index contributed by atoms with van der Waals surface area (Å²) in [4.78, 5) is 12.1. The fourth-order valence-electron chi connectivity index (χ4n) is 2.35. The smallest absolute Gasteiger partial charge is 0.251 e. The lowest BCUT2D eigenvalue weighted by molar-refractivity contribution is 0.0940. The predicted molar refractivity (Wildman–Crippen MR) is 79.8 cm³/mol. The monoisotopic (exact) mass is 279 g/mol. The Morgan fingerprint density at radius 2 is 2.05 bits per heavy atom. The molecule has 0 saturated carbocycles. The zero-order chi connectivity index (χ0) is 15.1. The van der Waals surface area contributed by atoms with Gasteiger partial charge in [0.05, 0.1) is 0 Å². The van der Waals surface area contributed by atoms with Crippen LogP contribution in [0.2, 0.25) is 0 Å². The molecule has 1 rings (SSSR count). The van der Waals surface area contributed by atoms with Crippen LogP contribution in [0.1, 0.15) is 42.6 Å². The topological polar surface area (TPSA) is 69.6 Å². The van der Waals surface area contributed by atoms with E-state index in [1.807, 2.05) is 0 Å². The third-order valence-electron chi connectivity index (χ3n) is 3.44. The van der Waals surface area contributed by atoms with E-state index in [0.717, 1.165) is 6.42 Å². The van der Waals surface area contributed by atoms with Gasteiger partial charge in [0.1, 0.15) is 5.75 Å². The molecule has 0 heterocycles. The number of aromatic hydroxyl groups is 1. The Bertz CT molecular complexity index is 443. The molecule has 0 aliphatic rings. The largest absolute Gasteiger partial charge is 0.508 e.